The maximum atomic E-state index is 12.0. The Labute approximate surface area is 119 Å². The summed E-state index contributed by atoms with van der Waals surface area (Å²) in [6, 6.07) is 0. The number of hydrogen-bond donors (Lipinski definition) is 2. The molecule has 20 heavy (non-hydrogen) atoms. The van der Waals surface area contributed by atoms with E-state index in [2.05, 4.69) is 11.2 Å². The van der Waals surface area contributed by atoms with Gasteiger partial charge in [-0.25, -0.2) is 4.79 Å². The van der Waals surface area contributed by atoms with Gasteiger partial charge in [0.25, 0.3) is 0 Å². The summed E-state index contributed by atoms with van der Waals surface area (Å²) >= 11 is 0. The van der Waals surface area contributed by atoms with Crippen LogP contribution in [0, 0.1) is 12.3 Å². The van der Waals surface area contributed by atoms with Gasteiger partial charge in [-0.1, -0.05) is 19.8 Å². The lowest BCUT2D eigenvalue weighted by Gasteiger charge is -2.32. The van der Waals surface area contributed by atoms with Gasteiger partial charge in [0, 0.05) is 13.1 Å². The fourth-order valence-corrected chi connectivity index (χ4v) is 2.17. The van der Waals surface area contributed by atoms with Crippen LogP contribution in [0.15, 0.2) is 0 Å². The van der Waals surface area contributed by atoms with Crippen LogP contribution in [0.2, 0.25) is 0 Å². The van der Waals surface area contributed by atoms with Crippen molar-refractivity contribution in [1.29, 1.82) is 0 Å². The number of carbonyl (C=O) groups is 2. The van der Waals surface area contributed by atoms with Crippen molar-refractivity contribution in [2.45, 2.75) is 38.3 Å². The predicted octanol–water partition coefficient (Wildman–Crippen LogP) is 0.0800. The summed E-state index contributed by atoms with van der Waals surface area (Å²) in [5, 5.41) is 11.8. The average molecular weight is 282 g/mol. The summed E-state index contributed by atoms with van der Waals surface area (Å²) in [6.07, 6.45) is 5.95. The molecule has 0 aromatic rings. The lowest BCUT2D eigenvalue weighted by atomic mass is 9.94. The van der Waals surface area contributed by atoms with E-state index in [-0.39, 0.29) is 19.0 Å². The largest absolute Gasteiger partial charge is 0.479 e. The summed E-state index contributed by atoms with van der Waals surface area (Å²) < 4.78 is 5.11. The maximum Gasteiger partial charge on any atom is 0.334 e. The van der Waals surface area contributed by atoms with Crippen molar-refractivity contribution < 1.29 is 19.4 Å². The molecular weight excluding hydrogens is 260 g/mol. The second-order valence-electron chi connectivity index (χ2n) is 4.91. The van der Waals surface area contributed by atoms with Crippen LogP contribution in [0.3, 0.4) is 0 Å². The van der Waals surface area contributed by atoms with Crippen LogP contribution in [0.4, 0.5) is 0 Å². The van der Waals surface area contributed by atoms with Gasteiger partial charge in [-0.05, 0) is 12.8 Å². The number of terminal acetylenes is 1. The van der Waals surface area contributed by atoms with Gasteiger partial charge in [0.1, 0.15) is 5.54 Å². The second kappa shape index (κ2) is 7.27. The molecule has 0 bridgehead atoms. The number of amides is 1. The second-order valence-corrected chi connectivity index (χ2v) is 4.91. The van der Waals surface area contributed by atoms with Crippen LogP contribution >= 0.6 is 0 Å². The molecule has 1 saturated heterocycles. The van der Waals surface area contributed by atoms with Crippen LogP contribution in [-0.4, -0.2) is 59.8 Å². The molecule has 0 radical (unpaired) electrons. The molecule has 6 nitrogen and oxygen atoms in total. The van der Waals surface area contributed by atoms with Crippen molar-refractivity contribution in [1.82, 2.24) is 10.2 Å². The van der Waals surface area contributed by atoms with E-state index in [1.807, 2.05) is 13.8 Å². The number of hydrogen-bond acceptors (Lipinski definition) is 4. The summed E-state index contributed by atoms with van der Waals surface area (Å²) in [4.78, 5) is 24.7. The molecule has 6 heteroatoms. The molecule has 1 aliphatic rings. The molecule has 1 amide bonds. The van der Waals surface area contributed by atoms with E-state index in [0.29, 0.717) is 26.0 Å². The van der Waals surface area contributed by atoms with Gasteiger partial charge in [-0.2, -0.15) is 0 Å². The Kier molecular flexibility index (Phi) is 5.99. The Balaban J connectivity index is 2.54. The van der Waals surface area contributed by atoms with Crippen LogP contribution < -0.4 is 5.32 Å². The number of carboxylic acid groups (broad SMARTS) is 1. The van der Waals surface area contributed by atoms with Gasteiger partial charge in [0.2, 0.25) is 5.91 Å². The Hall–Kier alpha value is -1.58. The minimum absolute atomic E-state index is 0.135. The number of ether oxygens (including phenoxy) is 1. The van der Waals surface area contributed by atoms with E-state index >= 15 is 0 Å². The number of morpholine rings is 1. The molecule has 1 fully saturated rings. The molecular formula is C14H22N2O4. The molecule has 1 aliphatic heterocycles. The highest BCUT2D eigenvalue weighted by Gasteiger charge is 2.29. The minimum Gasteiger partial charge on any atom is -0.479 e. The zero-order valence-corrected chi connectivity index (χ0v) is 12.0. The Morgan fingerprint density at radius 2 is 2.15 bits per heavy atom. The molecule has 1 unspecified atom stereocenters. The van der Waals surface area contributed by atoms with Crippen molar-refractivity contribution in [2.24, 2.45) is 0 Å². The highest BCUT2D eigenvalue weighted by molar-refractivity contribution is 5.79. The Morgan fingerprint density at radius 1 is 1.50 bits per heavy atom. The molecule has 1 heterocycles. The van der Waals surface area contributed by atoms with E-state index < -0.39 is 17.6 Å². The van der Waals surface area contributed by atoms with E-state index in [9.17, 15) is 9.59 Å². The van der Waals surface area contributed by atoms with Gasteiger partial charge in [0.15, 0.2) is 6.10 Å². The first-order valence-electron chi connectivity index (χ1n) is 6.82. The van der Waals surface area contributed by atoms with E-state index in [4.69, 9.17) is 16.3 Å². The van der Waals surface area contributed by atoms with Crippen molar-refractivity contribution in [3.05, 3.63) is 0 Å². The average Bonchev–Trinajstić information content (AvgIpc) is 2.45. The van der Waals surface area contributed by atoms with Crippen molar-refractivity contribution in [3.8, 4) is 12.3 Å². The molecule has 0 aromatic heterocycles. The number of rotatable bonds is 6. The van der Waals surface area contributed by atoms with Gasteiger partial charge in [-0.3, -0.25) is 9.69 Å². The Morgan fingerprint density at radius 3 is 2.65 bits per heavy atom. The normalized spacial score (nSPS) is 20.1. The zero-order chi connectivity index (χ0) is 15.2. The minimum atomic E-state index is -1.00. The fourth-order valence-electron chi connectivity index (χ4n) is 2.17. The first kappa shape index (κ1) is 16.5. The van der Waals surface area contributed by atoms with Gasteiger partial charge < -0.3 is 15.2 Å². The zero-order valence-electron chi connectivity index (χ0n) is 12.0. The first-order valence-corrected chi connectivity index (χ1v) is 6.82. The van der Waals surface area contributed by atoms with Crippen molar-refractivity contribution in [3.63, 3.8) is 0 Å². The third-order valence-electron chi connectivity index (χ3n) is 3.66. The number of carboxylic acids is 1. The monoisotopic (exact) mass is 282 g/mol. The van der Waals surface area contributed by atoms with Gasteiger partial charge >= 0.3 is 5.97 Å². The predicted molar refractivity (Wildman–Crippen MR) is 74.1 cm³/mol. The Bertz CT molecular complexity index is 398. The fraction of sp³-hybridized carbons (Fsp3) is 0.714. The summed E-state index contributed by atoms with van der Waals surface area (Å²) in [5.74, 6) is 1.45. The number of nitrogens with zero attached hydrogens (tertiary/aromatic N) is 1. The summed E-state index contributed by atoms with van der Waals surface area (Å²) in [7, 11) is 0. The molecule has 1 rings (SSSR count). The highest BCUT2D eigenvalue weighted by Crippen LogP contribution is 2.13. The quantitative estimate of drug-likeness (QED) is 0.675. The summed E-state index contributed by atoms with van der Waals surface area (Å²) in [5.41, 5.74) is -0.616. The third-order valence-corrected chi connectivity index (χ3v) is 3.66. The van der Waals surface area contributed by atoms with Crippen molar-refractivity contribution >= 4 is 11.9 Å². The molecule has 0 spiro atoms. The first-order chi connectivity index (χ1) is 9.46. The number of carbonyl (C=O) groups excluding carboxylic acids is 1. The molecule has 0 saturated carbocycles. The maximum absolute atomic E-state index is 12.0. The van der Waals surface area contributed by atoms with E-state index in [0.717, 1.165) is 0 Å². The molecule has 0 aromatic carbocycles. The lowest BCUT2D eigenvalue weighted by Crippen LogP contribution is -2.53. The van der Waals surface area contributed by atoms with Crippen molar-refractivity contribution in [2.75, 3.05) is 26.2 Å². The SMILES string of the molecule is C#CC(CC)(CC)NC(=O)CN1CCOC(C(=O)O)C1. The molecule has 112 valence electrons. The smallest absolute Gasteiger partial charge is 0.334 e. The number of nitrogens with one attached hydrogen (secondary N) is 1. The standard InChI is InChI=1S/C14H22N2O4/c1-4-14(5-2,6-3)15-12(17)10-16-7-8-20-11(9-16)13(18)19/h1,11H,5-10H2,2-3H3,(H,15,17)(H,18,19). The van der Waals surface area contributed by atoms with E-state index in [1.165, 1.54) is 0 Å². The van der Waals surface area contributed by atoms with Crippen LogP contribution in [0.25, 0.3) is 0 Å². The topological polar surface area (TPSA) is 78.9 Å². The van der Waals surface area contributed by atoms with Crippen LogP contribution in [0.1, 0.15) is 26.7 Å². The van der Waals surface area contributed by atoms with Crippen LogP contribution in [0.5, 0.6) is 0 Å². The van der Waals surface area contributed by atoms with E-state index in [1.54, 1.807) is 4.90 Å². The molecule has 0 aliphatic carbocycles. The highest BCUT2D eigenvalue weighted by atomic mass is 16.5. The lowest BCUT2D eigenvalue weighted by molar-refractivity contribution is -0.156. The molecule has 2 N–H and O–H groups in total. The molecule has 1 atom stereocenters. The van der Waals surface area contributed by atoms with Gasteiger partial charge in [-0.15, -0.1) is 6.42 Å². The summed E-state index contributed by atoms with van der Waals surface area (Å²) in [6.45, 7) is 5.06. The third kappa shape index (κ3) is 4.22. The number of aliphatic carboxylic acids is 1. The van der Waals surface area contributed by atoms with Gasteiger partial charge in [0.05, 0.1) is 13.2 Å². The van der Waals surface area contributed by atoms with Crippen LogP contribution in [-0.2, 0) is 14.3 Å².